The minimum absolute atomic E-state index is 0.0153. The van der Waals surface area contributed by atoms with Crippen molar-refractivity contribution in [2.24, 2.45) is 0 Å². The van der Waals surface area contributed by atoms with Crippen molar-refractivity contribution in [1.82, 2.24) is 0 Å². The number of amides is 2. The Morgan fingerprint density at radius 3 is 2.10 bits per heavy atom. The number of carbonyl (C=O) groups is 2. The third-order valence-electron chi connectivity index (χ3n) is 4.60. The molecule has 0 spiro atoms. The van der Waals surface area contributed by atoms with Crippen molar-refractivity contribution in [3.8, 4) is 5.75 Å². The van der Waals surface area contributed by atoms with Gasteiger partial charge in [0.1, 0.15) is 11.6 Å². The zero-order valence-electron chi connectivity index (χ0n) is 17.0. The standard InChI is InChI=1S/C25H20FNO3S/c1-16(2)30-20-14-12-19(13-15-20)27-24(28)22(17-8-10-18(26)11-9-17)23(25(27)29)31-21-6-4-3-5-7-21/h3-16H,1-2H3. The molecule has 0 unspecified atom stereocenters. The number of thioether (sulfide) groups is 1. The van der Waals surface area contributed by atoms with Crippen LogP contribution in [0.4, 0.5) is 10.1 Å². The number of benzene rings is 3. The van der Waals surface area contributed by atoms with Crippen LogP contribution >= 0.6 is 11.8 Å². The molecule has 31 heavy (non-hydrogen) atoms. The molecule has 156 valence electrons. The van der Waals surface area contributed by atoms with E-state index in [-0.39, 0.29) is 11.7 Å². The van der Waals surface area contributed by atoms with Crippen molar-refractivity contribution in [3.05, 3.63) is 95.1 Å². The quantitative estimate of drug-likeness (QED) is 0.469. The Kier molecular flexibility index (Phi) is 5.91. The monoisotopic (exact) mass is 433 g/mol. The van der Waals surface area contributed by atoms with Crippen molar-refractivity contribution >= 4 is 34.8 Å². The smallest absolute Gasteiger partial charge is 0.272 e. The lowest BCUT2D eigenvalue weighted by atomic mass is 10.1. The summed E-state index contributed by atoms with van der Waals surface area (Å²) in [7, 11) is 0. The summed E-state index contributed by atoms with van der Waals surface area (Å²) in [5.41, 5.74) is 1.22. The van der Waals surface area contributed by atoms with Gasteiger partial charge in [-0.1, -0.05) is 42.1 Å². The van der Waals surface area contributed by atoms with Crippen LogP contribution in [0, 0.1) is 5.82 Å². The Labute approximate surface area is 184 Å². The number of ether oxygens (including phenoxy) is 1. The molecule has 0 atom stereocenters. The molecule has 2 amide bonds. The summed E-state index contributed by atoms with van der Waals surface area (Å²) < 4.78 is 19.1. The average Bonchev–Trinajstić information content (AvgIpc) is 2.99. The molecule has 0 bridgehead atoms. The number of carbonyl (C=O) groups excluding carboxylic acids is 2. The lowest BCUT2D eigenvalue weighted by Gasteiger charge is -2.16. The predicted octanol–water partition coefficient (Wildman–Crippen LogP) is 5.69. The van der Waals surface area contributed by atoms with Crippen LogP contribution in [-0.4, -0.2) is 17.9 Å². The lowest BCUT2D eigenvalue weighted by molar-refractivity contribution is -0.119. The fraction of sp³-hybridized carbons (Fsp3) is 0.120. The second-order valence-corrected chi connectivity index (χ2v) is 8.32. The highest BCUT2D eigenvalue weighted by molar-refractivity contribution is 8.04. The van der Waals surface area contributed by atoms with Crippen LogP contribution in [0.2, 0.25) is 0 Å². The molecule has 4 rings (SSSR count). The first-order chi connectivity index (χ1) is 14.9. The molecule has 3 aromatic rings. The summed E-state index contributed by atoms with van der Waals surface area (Å²) in [6.45, 7) is 3.85. The van der Waals surface area contributed by atoms with E-state index in [4.69, 9.17) is 4.74 Å². The van der Waals surface area contributed by atoms with E-state index >= 15 is 0 Å². The first kappa shape index (κ1) is 20.9. The van der Waals surface area contributed by atoms with Gasteiger partial charge in [-0.3, -0.25) is 9.59 Å². The summed E-state index contributed by atoms with van der Waals surface area (Å²) in [4.78, 5) is 29.0. The second kappa shape index (κ2) is 8.78. The molecule has 4 nitrogen and oxygen atoms in total. The first-order valence-corrected chi connectivity index (χ1v) is 10.6. The minimum Gasteiger partial charge on any atom is -0.491 e. The maximum atomic E-state index is 13.5. The van der Waals surface area contributed by atoms with E-state index in [0.29, 0.717) is 21.9 Å². The molecular formula is C25H20FNO3S. The number of nitrogens with zero attached hydrogens (tertiary/aromatic N) is 1. The molecule has 0 aromatic heterocycles. The summed E-state index contributed by atoms with van der Waals surface area (Å²) in [5, 5.41) is 0. The Morgan fingerprint density at radius 2 is 1.48 bits per heavy atom. The molecule has 1 heterocycles. The van der Waals surface area contributed by atoms with Gasteiger partial charge in [-0.15, -0.1) is 0 Å². The highest BCUT2D eigenvalue weighted by atomic mass is 32.2. The maximum Gasteiger partial charge on any atom is 0.272 e. The van der Waals surface area contributed by atoms with E-state index in [1.807, 2.05) is 44.2 Å². The van der Waals surface area contributed by atoms with Crippen molar-refractivity contribution in [1.29, 1.82) is 0 Å². The van der Waals surface area contributed by atoms with Gasteiger partial charge in [0.05, 0.1) is 22.3 Å². The van der Waals surface area contributed by atoms with Crippen molar-refractivity contribution in [3.63, 3.8) is 0 Å². The fourth-order valence-electron chi connectivity index (χ4n) is 3.26. The van der Waals surface area contributed by atoms with E-state index in [2.05, 4.69) is 0 Å². The van der Waals surface area contributed by atoms with Gasteiger partial charge in [-0.2, -0.15) is 0 Å². The Balaban J connectivity index is 1.74. The zero-order valence-corrected chi connectivity index (χ0v) is 17.9. The molecule has 1 aliphatic rings. The lowest BCUT2D eigenvalue weighted by Crippen LogP contribution is -2.31. The summed E-state index contributed by atoms with van der Waals surface area (Å²) in [6, 6.07) is 21.8. The normalized spacial score (nSPS) is 14.0. The van der Waals surface area contributed by atoms with E-state index in [0.717, 1.165) is 9.80 Å². The third kappa shape index (κ3) is 4.39. The second-order valence-electron chi connectivity index (χ2n) is 7.23. The summed E-state index contributed by atoms with van der Waals surface area (Å²) in [6.07, 6.45) is 0.0153. The van der Waals surface area contributed by atoms with Crippen LogP contribution in [-0.2, 0) is 9.59 Å². The van der Waals surface area contributed by atoms with Crippen LogP contribution in [0.3, 0.4) is 0 Å². The van der Waals surface area contributed by atoms with Gasteiger partial charge < -0.3 is 4.74 Å². The predicted molar refractivity (Wildman–Crippen MR) is 120 cm³/mol. The number of halogens is 1. The summed E-state index contributed by atoms with van der Waals surface area (Å²) in [5.74, 6) is -0.595. The van der Waals surface area contributed by atoms with E-state index < -0.39 is 17.6 Å². The molecular weight excluding hydrogens is 413 g/mol. The number of hydrogen-bond donors (Lipinski definition) is 0. The SMILES string of the molecule is CC(C)Oc1ccc(N2C(=O)C(Sc3ccccc3)=C(c3ccc(F)cc3)C2=O)cc1. The maximum absolute atomic E-state index is 13.5. The van der Waals surface area contributed by atoms with Crippen LogP contribution in [0.25, 0.3) is 5.57 Å². The number of rotatable bonds is 6. The first-order valence-electron chi connectivity index (χ1n) is 9.82. The average molecular weight is 434 g/mol. The van der Waals surface area contributed by atoms with Crippen molar-refractivity contribution < 1.29 is 18.7 Å². The zero-order chi connectivity index (χ0) is 22.0. The fourth-order valence-corrected chi connectivity index (χ4v) is 4.28. The molecule has 0 saturated heterocycles. The van der Waals surface area contributed by atoms with Crippen LogP contribution < -0.4 is 9.64 Å². The molecule has 6 heteroatoms. The van der Waals surface area contributed by atoms with Gasteiger partial charge in [-0.25, -0.2) is 9.29 Å². The van der Waals surface area contributed by atoms with Crippen LogP contribution in [0.15, 0.2) is 88.7 Å². The number of anilines is 1. The van der Waals surface area contributed by atoms with Gasteiger partial charge in [0, 0.05) is 4.90 Å². The molecule has 1 aliphatic heterocycles. The molecule has 0 fully saturated rings. The highest BCUT2D eigenvalue weighted by Gasteiger charge is 2.40. The van der Waals surface area contributed by atoms with Crippen molar-refractivity contribution in [2.45, 2.75) is 24.8 Å². The van der Waals surface area contributed by atoms with Crippen molar-refractivity contribution in [2.75, 3.05) is 4.90 Å². The number of hydrogen-bond acceptors (Lipinski definition) is 4. The Bertz CT molecular complexity index is 1140. The molecule has 0 radical (unpaired) electrons. The molecule has 0 N–H and O–H groups in total. The van der Waals surface area contributed by atoms with Crippen LogP contribution in [0.1, 0.15) is 19.4 Å². The molecule has 0 saturated carbocycles. The highest BCUT2D eigenvalue weighted by Crippen LogP contribution is 2.41. The van der Waals surface area contributed by atoms with E-state index in [9.17, 15) is 14.0 Å². The van der Waals surface area contributed by atoms with E-state index in [1.54, 1.807) is 24.3 Å². The number of imide groups is 1. The van der Waals surface area contributed by atoms with Gasteiger partial charge in [0.25, 0.3) is 11.8 Å². The van der Waals surface area contributed by atoms with Gasteiger partial charge in [0.2, 0.25) is 0 Å². The Hall–Kier alpha value is -3.38. The molecule has 0 aliphatic carbocycles. The van der Waals surface area contributed by atoms with Gasteiger partial charge >= 0.3 is 0 Å². The summed E-state index contributed by atoms with van der Waals surface area (Å²) >= 11 is 1.23. The topological polar surface area (TPSA) is 46.6 Å². The van der Waals surface area contributed by atoms with Gasteiger partial charge in [-0.05, 0) is 67.9 Å². The third-order valence-corrected chi connectivity index (χ3v) is 5.69. The Morgan fingerprint density at radius 1 is 0.839 bits per heavy atom. The van der Waals surface area contributed by atoms with E-state index in [1.165, 1.54) is 36.0 Å². The largest absolute Gasteiger partial charge is 0.491 e. The van der Waals surface area contributed by atoms with Crippen LogP contribution in [0.5, 0.6) is 5.75 Å². The van der Waals surface area contributed by atoms with Gasteiger partial charge in [0.15, 0.2) is 0 Å². The molecule has 3 aromatic carbocycles. The minimum atomic E-state index is -0.437.